The van der Waals surface area contributed by atoms with Crippen LogP contribution in [0.25, 0.3) is 0 Å². The number of rotatable bonds is 4. The lowest BCUT2D eigenvalue weighted by molar-refractivity contribution is -0.148. The predicted molar refractivity (Wildman–Crippen MR) is 143 cm³/mol. The van der Waals surface area contributed by atoms with Gasteiger partial charge in [-0.1, -0.05) is 22.0 Å². The number of halogens is 2. The number of carboxylic acids is 1. The van der Waals surface area contributed by atoms with E-state index in [1.807, 2.05) is 6.92 Å². The van der Waals surface area contributed by atoms with Gasteiger partial charge in [0.2, 0.25) is 5.96 Å². The van der Waals surface area contributed by atoms with E-state index in [1.165, 1.54) is 24.0 Å². The second kappa shape index (κ2) is 10.3. The van der Waals surface area contributed by atoms with E-state index in [0.29, 0.717) is 22.4 Å². The highest BCUT2D eigenvalue weighted by molar-refractivity contribution is 9.10. The third-order valence-corrected chi connectivity index (χ3v) is 7.50. The number of guanidine groups is 1. The Morgan fingerprint density at radius 3 is 2.66 bits per heavy atom. The molecule has 0 aromatic heterocycles. The molecular formula is C25H32BrFN6O5. The largest absolute Gasteiger partial charge is 0.480 e. The number of ether oxygens (including phenoxy) is 1. The lowest BCUT2D eigenvalue weighted by Gasteiger charge is -2.35. The molecule has 0 radical (unpaired) electrons. The van der Waals surface area contributed by atoms with Crippen molar-refractivity contribution >= 4 is 45.5 Å². The number of benzene rings is 1. The lowest BCUT2D eigenvalue weighted by Crippen LogP contribution is -2.52. The molecule has 1 fully saturated rings. The number of amides is 1. The molecule has 1 aromatic carbocycles. The molecule has 1 amide bonds. The molecule has 1 saturated heterocycles. The van der Waals surface area contributed by atoms with Gasteiger partial charge >= 0.3 is 12.1 Å². The van der Waals surface area contributed by atoms with Gasteiger partial charge in [0.25, 0.3) is 0 Å². The van der Waals surface area contributed by atoms with Crippen molar-refractivity contribution in [1.82, 2.24) is 10.4 Å². The SMILES string of the molecule is CC1=NC(N)=N[C@@H]2CC(c3ccc(F)cc3Br)N=C(NO[C@H]3CN(C(=O)OC(C)(C)C)[C@](C)(C(=O)O)C3)C12. The zero-order valence-electron chi connectivity index (χ0n) is 21.9. The molecule has 206 valence electrons. The zero-order valence-corrected chi connectivity index (χ0v) is 23.5. The number of amidine groups is 1. The smallest absolute Gasteiger partial charge is 0.411 e. The molecule has 13 heteroatoms. The zero-order chi connectivity index (χ0) is 28.0. The number of carbonyl (C=O) groups excluding carboxylic acids is 1. The summed E-state index contributed by atoms with van der Waals surface area (Å²) >= 11 is 3.42. The Labute approximate surface area is 228 Å². The summed E-state index contributed by atoms with van der Waals surface area (Å²) in [5, 5.41) is 9.92. The highest BCUT2D eigenvalue weighted by atomic mass is 79.9. The monoisotopic (exact) mass is 594 g/mol. The van der Waals surface area contributed by atoms with Crippen LogP contribution in [-0.2, 0) is 14.4 Å². The molecule has 0 aliphatic carbocycles. The summed E-state index contributed by atoms with van der Waals surface area (Å²) < 4.78 is 19.7. The topological polar surface area (TPSA) is 151 Å². The van der Waals surface area contributed by atoms with Crippen molar-refractivity contribution in [3.63, 3.8) is 0 Å². The first-order chi connectivity index (χ1) is 17.7. The number of nitrogens with two attached hydrogens (primary N) is 1. The molecule has 3 aliphatic rings. The molecule has 1 aromatic rings. The summed E-state index contributed by atoms with van der Waals surface area (Å²) in [6.07, 6.45) is -0.858. The maximum Gasteiger partial charge on any atom is 0.411 e. The molecule has 0 saturated carbocycles. The normalized spacial score (nSPS) is 29.1. The predicted octanol–water partition coefficient (Wildman–Crippen LogP) is 3.58. The van der Waals surface area contributed by atoms with Gasteiger partial charge in [-0.2, -0.15) is 0 Å². The van der Waals surface area contributed by atoms with Gasteiger partial charge in [0.1, 0.15) is 28.9 Å². The number of nitrogens with one attached hydrogen (secondary N) is 1. The van der Waals surface area contributed by atoms with Crippen molar-refractivity contribution in [3.05, 3.63) is 34.1 Å². The number of aliphatic carboxylic acids is 1. The van der Waals surface area contributed by atoms with Gasteiger partial charge in [0.05, 0.1) is 24.5 Å². The average molecular weight is 595 g/mol. The molecule has 5 atom stereocenters. The van der Waals surface area contributed by atoms with Gasteiger partial charge in [-0.05, 0) is 58.7 Å². The van der Waals surface area contributed by atoms with Gasteiger partial charge in [-0.25, -0.2) is 24.0 Å². The quantitative estimate of drug-likeness (QED) is 0.450. The van der Waals surface area contributed by atoms with Crippen molar-refractivity contribution in [2.24, 2.45) is 26.6 Å². The number of hydrogen-bond donors (Lipinski definition) is 3. The van der Waals surface area contributed by atoms with E-state index in [4.69, 9.17) is 20.3 Å². The van der Waals surface area contributed by atoms with Gasteiger partial charge in [-0.3, -0.25) is 20.2 Å². The molecule has 0 spiro atoms. The van der Waals surface area contributed by atoms with E-state index in [2.05, 4.69) is 31.4 Å². The summed E-state index contributed by atoms with van der Waals surface area (Å²) in [4.78, 5) is 45.8. The Bertz CT molecular complexity index is 1230. The molecule has 3 heterocycles. The Balaban J connectivity index is 1.58. The van der Waals surface area contributed by atoms with Crippen LogP contribution in [0.4, 0.5) is 9.18 Å². The first-order valence-corrected chi connectivity index (χ1v) is 13.0. The Morgan fingerprint density at radius 2 is 2.03 bits per heavy atom. The molecule has 3 aliphatic heterocycles. The van der Waals surface area contributed by atoms with Crippen molar-refractivity contribution in [3.8, 4) is 0 Å². The van der Waals surface area contributed by atoms with Crippen molar-refractivity contribution in [2.75, 3.05) is 6.54 Å². The Kier molecular flexibility index (Phi) is 7.54. The van der Waals surface area contributed by atoms with E-state index in [0.717, 1.165) is 5.56 Å². The van der Waals surface area contributed by atoms with Crippen LogP contribution in [0.3, 0.4) is 0 Å². The summed E-state index contributed by atoms with van der Waals surface area (Å²) in [7, 11) is 0. The molecule has 4 rings (SSSR count). The first kappa shape index (κ1) is 28.0. The lowest BCUT2D eigenvalue weighted by atomic mass is 9.84. The Morgan fingerprint density at radius 1 is 1.32 bits per heavy atom. The number of nitrogens with zero attached hydrogens (tertiary/aromatic N) is 4. The maximum atomic E-state index is 13.7. The van der Waals surface area contributed by atoms with Gasteiger partial charge in [0.15, 0.2) is 0 Å². The minimum absolute atomic E-state index is 0.00278. The number of fused-ring (bicyclic) bond motifs is 1. The van der Waals surface area contributed by atoms with Crippen molar-refractivity contribution in [2.45, 2.75) is 76.8 Å². The van der Waals surface area contributed by atoms with Crippen LogP contribution < -0.4 is 11.2 Å². The average Bonchev–Trinajstić information content (AvgIpc) is 3.14. The standard InChI is InChI=1S/C25H32BrFN6O5/c1-12-19-18(31-22(28)29-12)9-17(15-7-6-13(27)8-16(15)26)30-20(19)32-38-14-10-25(5,21(34)35)33(11-14)23(36)37-24(2,3)4/h6-8,14,17-19H,9-11H2,1-5H3,(H2,28,31)(H,30,32)(H,34,35)/t14-,17?,18-,19?,25+/m1/s1. The molecule has 0 bridgehead atoms. The minimum atomic E-state index is -1.52. The number of carboxylic acid groups (broad SMARTS) is 1. The van der Waals surface area contributed by atoms with E-state index in [9.17, 15) is 19.1 Å². The van der Waals surface area contributed by atoms with Crippen LogP contribution in [-0.4, -0.2) is 69.4 Å². The molecular weight excluding hydrogens is 563 g/mol. The highest BCUT2D eigenvalue weighted by Gasteiger charge is 2.52. The number of aliphatic imine (C=N–C) groups is 3. The van der Waals surface area contributed by atoms with Crippen LogP contribution in [0.15, 0.2) is 37.6 Å². The third kappa shape index (κ3) is 5.68. The van der Waals surface area contributed by atoms with Gasteiger partial charge in [-0.15, -0.1) is 0 Å². The van der Waals surface area contributed by atoms with Crippen LogP contribution >= 0.6 is 15.9 Å². The van der Waals surface area contributed by atoms with E-state index < -0.39 is 29.3 Å². The summed E-state index contributed by atoms with van der Waals surface area (Å²) in [6.45, 7) is 8.43. The summed E-state index contributed by atoms with van der Waals surface area (Å²) in [5.74, 6) is -1.27. The van der Waals surface area contributed by atoms with Crippen molar-refractivity contribution < 1.29 is 28.7 Å². The third-order valence-electron chi connectivity index (χ3n) is 6.81. The minimum Gasteiger partial charge on any atom is -0.480 e. The highest BCUT2D eigenvalue weighted by Crippen LogP contribution is 2.38. The summed E-state index contributed by atoms with van der Waals surface area (Å²) in [6, 6.07) is 3.74. The molecule has 2 unspecified atom stereocenters. The van der Waals surface area contributed by atoms with E-state index >= 15 is 0 Å². The fourth-order valence-corrected chi connectivity index (χ4v) is 5.62. The second-order valence-electron chi connectivity index (χ2n) is 10.9. The molecule has 38 heavy (non-hydrogen) atoms. The van der Waals surface area contributed by atoms with Crippen LogP contribution in [0.5, 0.6) is 0 Å². The number of hydroxylamine groups is 1. The van der Waals surface area contributed by atoms with Gasteiger partial charge in [0, 0.05) is 16.6 Å². The Hall–Kier alpha value is -3.06. The number of likely N-dealkylation sites (tertiary alicyclic amines) is 1. The van der Waals surface area contributed by atoms with Gasteiger partial charge < -0.3 is 15.6 Å². The molecule has 11 nitrogen and oxygen atoms in total. The number of carbonyl (C=O) groups is 2. The first-order valence-electron chi connectivity index (χ1n) is 12.2. The number of hydrogen-bond acceptors (Lipinski definition) is 9. The fraction of sp³-hybridized carbons (Fsp3) is 0.560. The molecule has 4 N–H and O–H groups in total. The maximum absolute atomic E-state index is 13.7. The van der Waals surface area contributed by atoms with Crippen LogP contribution in [0.1, 0.15) is 59.1 Å². The summed E-state index contributed by atoms with van der Waals surface area (Å²) in [5.41, 5.74) is 8.02. The second-order valence-corrected chi connectivity index (χ2v) is 11.8. The van der Waals surface area contributed by atoms with E-state index in [1.54, 1.807) is 26.8 Å². The van der Waals surface area contributed by atoms with Crippen LogP contribution in [0, 0.1) is 11.7 Å². The van der Waals surface area contributed by atoms with E-state index in [-0.39, 0.29) is 42.7 Å². The van der Waals surface area contributed by atoms with Crippen molar-refractivity contribution in [1.29, 1.82) is 0 Å². The van der Waals surface area contributed by atoms with Crippen LogP contribution in [0.2, 0.25) is 0 Å². The fourth-order valence-electron chi connectivity index (χ4n) is 5.00.